The van der Waals surface area contributed by atoms with Crippen LogP contribution in [0.2, 0.25) is 0 Å². The fourth-order valence-electron chi connectivity index (χ4n) is 3.03. The molecular weight excluding hydrogens is 419 g/mol. The Labute approximate surface area is 183 Å². The number of rotatable bonds is 7. The molecule has 0 unspecified atom stereocenters. The number of para-hydroxylation sites is 2. The van der Waals surface area contributed by atoms with E-state index < -0.39 is 17.6 Å². The maximum Gasteiger partial charge on any atom is 0.418 e. The molecule has 0 fully saturated rings. The van der Waals surface area contributed by atoms with Crippen molar-refractivity contribution in [2.24, 2.45) is 0 Å². The predicted octanol–water partition coefficient (Wildman–Crippen LogP) is 4.99. The second kappa shape index (κ2) is 10.00. The van der Waals surface area contributed by atoms with Crippen LogP contribution in [0.5, 0.6) is 0 Å². The van der Waals surface area contributed by atoms with Crippen molar-refractivity contribution in [3.05, 3.63) is 95.1 Å². The van der Waals surface area contributed by atoms with Gasteiger partial charge in [-0.2, -0.15) is 13.2 Å². The van der Waals surface area contributed by atoms with Crippen LogP contribution in [0.15, 0.2) is 72.8 Å². The molecule has 3 rings (SSSR count). The van der Waals surface area contributed by atoms with Crippen LogP contribution >= 0.6 is 0 Å². The van der Waals surface area contributed by atoms with Crippen LogP contribution in [0.1, 0.15) is 27.0 Å². The zero-order valence-corrected chi connectivity index (χ0v) is 17.3. The van der Waals surface area contributed by atoms with Gasteiger partial charge in [0.25, 0.3) is 5.91 Å². The number of amides is 2. The van der Waals surface area contributed by atoms with Gasteiger partial charge in [0.05, 0.1) is 23.4 Å². The van der Waals surface area contributed by atoms with Crippen molar-refractivity contribution in [3.8, 4) is 0 Å². The highest BCUT2D eigenvalue weighted by molar-refractivity contribution is 6.01. The molecule has 0 saturated carbocycles. The van der Waals surface area contributed by atoms with Crippen LogP contribution < -0.4 is 16.0 Å². The lowest BCUT2D eigenvalue weighted by atomic mass is 10.1. The summed E-state index contributed by atoms with van der Waals surface area (Å²) in [7, 11) is 0. The average Bonchev–Trinajstić information content (AvgIpc) is 2.77. The molecule has 0 aliphatic rings. The minimum atomic E-state index is -4.58. The second-order valence-electron chi connectivity index (χ2n) is 7.16. The highest BCUT2D eigenvalue weighted by Crippen LogP contribution is 2.34. The molecule has 2 amide bonds. The third-order valence-corrected chi connectivity index (χ3v) is 4.69. The van der Waals surface area contributed by atoms with Gasteiger partial charge < -0.3 is 16.0 Å². The van der Waals surface area contributed by atoms with Crippen molar-refractivity contribution in [1.82, 2.24) is 5.32 Å². The number of aryl methyl sites for hydroxylation is 1. The molecule has 3 aromatic rings. The Morgan fingerprint density at radius 2 is 1.47 bits per heavy atom. The van der Waals surface area contributed by atoms with Crippen LogP contribution in [-0.2, 0) is 17.5 Å². The quantitative estimate of drug-likeness (QED) is 0.484. The van der Waals surface area contributed by atoms with E-state index in [9.17, 15) is 22.8 Å². The summed E-state index contributed by atoms with van der Waals surface area (Å²) in [5.74, 6) is -1.01. The SMILES string of the molecule is Cc1ccc(CNC(=O)c2ccccc2NCC(=O)Nc2ccccc2C(F)(F)F)cc1. The summed E-state index contributed by atoms with van der Waals surface area (Å²) in [6.07, 6.45) is -4.58. The molecule has 0 radical (unpaired) electrons. The van der Waals surface area contributed by atoms with Gasteiger partial charge in [0.2, 0.25) is 5.91 Å². The summed E-state index contributed by atoms with van der Waals surface area (Å²) in [5, 5.41) is 7.91. The van der Waals surface area contributed by atoms with Crippen LogP contribution in [0.4, 0.5) is 24.5 Å². The highest BCUT2D eigenvalue weighted by atomic mass is 19.4. The van der Waals surface area contributed by atoms with Gasteiger partial charge in [0.1, 0.15) is 0 Å². The van der Waals surface area contributed by atoms with Crippen molar-refractivity contribution in [3.63, 3.8) is 0 Å². The molecule has 0 aromatic heterocycles. The predicted molar refractivity (Wildman–Crippen MR) is 117 cm³/mol. The largest absolute Gasteiger partial charge is 0.418 e. The standard InChI is InChI=1S/C24H22F3N3O2/c1-16-10-12-17(13-11-16)14-29-23(32)18-6-2-4-8-20(18)28-15-22(31)30-21-9-5-3-7-19(21)24(25,26)27/h2-13,28H,14-15H2,1H3,(H,29,32)(H,30,31). The number of hydrogen-bond acceptors (Lipinski definition) is 3. The lowest BCUT2D eigenvalue weighted by molar-refractivity contribution is -0.137. The number of anilines is 2. The van der Waals surface area contributed by atoms with Crippen molar-refractivity contribution in [2.45, 2.75) is 19.6 Å². The Hall–Kier alpha value is -3.81. The third kappa shape index (κ3) is 6.10. The first-order valence-corrected chi connectivity index (χ1v) is 9.87. The summed E-state index contributed by atoms with van der Waals surface area (Å²) in [6, 6.07) is 19.1. The lowest BCUT2D eigenvalue weighted by Gasteiger charge is -2.15. The molecule has 8 heteroatoms. The molecule has 0 bridgehead atoms. The van der Waals surface area contributed by atoms with E-state index in [2.05, 4.69) is 16.0 Å². The average molecular weight is 441 g/mol. The summed E-state index contributed by atoms with van der Waals surface area (Å²) in [6.45, 7) is 2.00. The molecular formula is C24H22F3N3O2. The molecule has 0 heterocycles. The molecule has 3 N–H and O–H groups in total. The lowest BCUT2D eigenvalue weighted by Crippen LogP contribution is -2.26. The normalized spacial score (nSPS) is 11.0. The molecule has 3 aromatic carbocycles. The molecule has 166 valence electrons. The van der Waals surface area contributed by atoms with E-state index in [-0.39, 0.29) is 18.1 Å². The molecule has 0 aliphatic carbocycles. The fourth-order valence-corrected chi connectivity index (χ4v) is 3.03. The maximum atomic E-state index is 13.1. The number of halogens is 3. The van der Waals surface area contributed by atoms with Crippen LogP contribution in [0.25, 0.3) is 0 Å². The molecule has 0 atom stereocenters. The molecule has 32 heavy (non-hydrogen) atoms. The number of benzene rings is 3. The van der Waals surface area contributed by atoms with E-state index in [1.54, 1.807) is 24.3 Å². The monoisotopic (exact) mass is 441 g/mol. The van der Waals surface area contributed by atoms with Gasteiger partial charge in [-0.3, -0.25) is 9.59 Å². The Morgan fingerprint density at radius 3 is 2.16 bits per heavy atom. The zero-order valence-electron chi connectivity index (χ0n) is 17.3. The van der Waals surface area contributed by atoms with Crippen LogP contribution in [0.3, 0.4) is 0 Å². The first-order valence-electron chi connectivity index (χ1n) is 9.87. The minimum absolute atomic E-state index is 0.311. The van der Waals surface area contributed by atoms with Gasteiger partial charge in [-0.05, 0) is 36.8 Å². The Balaban J connectivity index is 1.62. The van der Waals surface area contributed by atoms with Crippen molar-refractivity contribution < 1.29 is 22.8 Å². The fraction of sp³-hybridized carbons (Fsp3) is 0.167. The van der Waals surface area contributed by atoms with Crippen molar-refractivity contribution in [1.29, 1.82) is 0 Å². The van der Waals surface area contributed by atoms with Crippen molar-refractivity contribution >= 4 is 23.2 Å². The summed E-state index contributed by atoms with van der Waals surface area (Å²) >= 11 is 0. The van der Waals surface area contributed by atoms with E-state index >= 15 is 0 Å². The minimum Gasteiger partial charge on any atom is -0.376 e. The van der Waals surface area contributed by atoms with E-state index in [0.29, 0.717) is 17.8 Å². The molecule has 0 aliphatic heterocycles. The first kappa shape index (κ1) is 22.9. The number of hydrogen-bond donors (Lipinski definition) is 3. The number of nitrogens with one attached hydrogen (secondary N) is 3. The Morgan fingerprint density at radius 1 is 0.844 bits per heavy atom. The van der Waals surface area contributed by atoms with Crippen LogP contribution in [-0.4, -0.2) is 18.4 Å². The van der Waals surface area contributed by atoms with Crippen LogP contribution in [0, 0.1) is 6.92 Å². The maximum absolute atomic E-state index is 13.1. The van der Waals surface area contributed by atoms with E-state index in [4.69, 9.17) is 0 Å². The van der Waals surface area contributed by atoms with Gasteiger partial charge in [0.15, 0.2) is 0 Å². The third-order valence-electron chi connectivity index (χ3n) is 4.69. The number of alkyl halides is 3. The van der Waals surface area contributed by atoms with E-state index in [0.717, 1.165) is 17.2 Å². The second-order valence-corrected chi connectivity index (χ2v) is 7.16. The topological polar surface area (TPSA) is 70.2 Å². The Kier molecular flexibility index (Phi) is 7.14. The van der Waals surface area contributed by atoms with Gasteiger partial charge in [-0.25, -0.2) is 0 Å². The first-order chi connectivity index (χ1) is 15.2. The van der Waals surface area contributed by atoms with Gasteiger partial charge in [0, 0.05) is 12.2 Å². The van der Waals surface area contributed by atoms with Gasteiger partial charge in [-0.1, -0.05) is 54.1 Å². The Bertz CT molecular complexity index is 1100. The van der Waals surface area contributed by atoms with E-state index in [1.165, 1.54) is 18.2 Å². The van der Waals surface area contributed by atoms with E-state index in [1.807, 2.05) is 31.2 Å². The molecule has 0 spiro atoms. The summed E-state index contributed by atoms with van der Waals surface area (Å²) < 4.78 is 39.3. The highest BCUT2D eigenvalue weighted by Gasteiger charge is 2.33. The smallest absolute Gasteiger partial charge is 0.376 e. The number of carbonyl (C=O) groups is 2. The zero-order chi connectivity index (χ0) is 23.1. The summed E-state index contributed by atoms with van der Waals surface area (Å²) in [5.41, 5.74) is 1.53. The van der Waals surface area contributed by atoms with Gasteiger partial charge in [-0.15, -0.1) is 0 Å². The number of carbonyl (C=O) groups excluding carboxylic acids is 2. The molecule has 0 saturated heterocycles. The van der Waals surface area contributed by atoms with Gasteiger partial charge >= 0.3 is 6.18 Å². The molecule has 5 nitrogen and oxygen atoms in total. The van der Waals surface area contributed by atoms with Crippen molar-refractivity contribution in [2.75, 3.05) is 17.2 Å². The summed E-state index contributed by atoms with van der Waals surface area (Å²) in [4.78, 5) is 24.9.